The predicted molar refractivity (Wildman–Crippen MR) is 144 cm³/mol. The predicted octanol–water partition coefficient (Wildman–Crippen LogP) is 3.48. The van der Waals surface area contributed by atoms with Gasteiger partial charge in [-0.05, 0) is 34.9 Å². The second-order valence-corrected chi connectivity index (χ2v) is 9.25. The van der Waals surface area contributed by atoms with Gasteiger partial charge in [0.05, 0.1) is 18.8 Å². The fourth-order valence-corrected chi connectivity index (χ4v) is 4.33. The Balaban J connectivity index is 1.28. The van der Waals surface area contributed by atoms with Crippen LogP contribution < -0.4 is 15.5 Å². The molecule has 5 rings (SSSR count). The number of cyclic esters (lactones) is 1. The molecule has 1 unspecified atom stereocenters. The highest BCUT2D eigenvalue weighted by atomic mass is 19.1. The van der Waals surface area contributed by atoms with Crippen LogP contribution in [0.3, 0.4) is 0 Å². The van der Waals surface area contributed by atoms with Crippen LogP contribution in [0.5, 0.6) is 0 Å². The molecule has 3 aromatic carbocycles. The van der Waals surface area contributed by atoms with Gasteiger partial charge in [0, 0.05) is 12.5 Å². The van der Waals surface area contributed by atoms with Crippen molar-refractivity contribution < 1.29 is 28.2 Å². The molecule has 0 aliphatic carbocycles. The molecule has 1 fully saturated rings. The van der Waals surface area contributed by atoms with Crippen molar-refractivity contribution in [1.29, 1.82) is 0 Å². The van der Waals surface area contributed by atoms with Crippen LogP contribution in [-0.4, -0.2) is 57.9 Å². The highest BCUT2D eigenvalue weighted by molar-refractivity contribution is 5.90. The number of amides is 3. The van der Waals surface area contributed by atoms with Crippen LogP contribution in [0.15, 0.2) is 72.8 Å². The number of H-pyrrole nitrogens is 1. The van der Waals surface area contributed by atoms with Crippen LogP contribution in [0, 0.1) is 5.82 Å². The lowest BCUT2D eigenvalue weighted by Crippen LogP contribution is -2.33. The van der Waals surface area contributed by atoms with E-state index in [1.54, 1.807) is 36.4 Å². The smallest absolute Gasteiger partial charge is 0.414 e. The molecule has 3 amide bonds. The molecule has 0 radical (unpaired) electrons. The number of anilines is 1. The number of carbonyl (C=O) groups excluding carboxylic acids is 3. The standard InChI is InChI=1S/C28H26FN7O5/c1-17(37)30-14-22-15-36(28(39)41-22)21-11-12-23(24(29)13-21)19-7-9-20(10-8-19)25(26-32-34-35-33-26)31-27(38)40-16-18-5-3-2-4-6-18/h2-13,22,25H,14-16H2,1H3,(H,30,37)(H,31,38)(H,32,33,34,35)/t22-,25?/m0/s1. The topological polar surface area (TPSA) is 151 Å². The van der Waals surface area contributed by atoms with E-state index in [0.29, 0.717) is 22.4 Å². The number of benzene rings is 3. The molecule has 1 aliphatic heterocycles. The van der Waals surface area contributed by atoms with Gasteiger partial charge in [0.2, 0.25) is 11.7 Å². The largest absolute Gasteiger partial charge is 0.445 e. The van der Waals surface area contributed by atoms with Crippen molar-refractivity contribution in [2.45, 2.75) is 25.7 Å². The molecule has 13 heteroatoms. The second kappa shape index (κ2) is 12.2. The number of halogens is 1. The summed E-state index contributed by atoms with van der Waals surface area (Å²) in [5, 5.41) is 19.3. The fourth-order valence-electron chi connectivity index (χ4n) is 4.33. The SMILES string of the molecule is CC(=O)NC[C@H]1CN(c2ccc(-c3ccc(C(NC(=O)OCc4ccccc4)c4nn[nH]n4)cc3)c(F)c2)C(=O)O1. The Morgan fingerprint density at radius 3 is 2.61 bits per heavy atom. The molecule has 4 aromatic rings. The zero-order valence-electron chi connectivity index (χ0n) is 21.9. The lowest BCUT2D eigenvalue weighted by atomic mass is 9.99. The number of nitrogens with one attached hydrogen (secondary N) is 3. The Labute approximate surface area is 233 Å². The number of hydrogen-bond acceptors (Lipinski definition) is 8. The molecule has 41 heavy (non-hydrogen) atoms. The Morgan fingerprint density at radius 2 is 1.93 bits per heavy atom. The average molecular weight is 560 g/mol. The first-order valence-corrected chi connectivity index (χ1v) is 12.7. The summed E-state index contributed by atoms with van der Waals surface area (Å²) in [6.45, 7) is 1.82. The fraction of sp³-hybridized carbons (Fsp3) is 0.214. The molecule has 0 saturated carbocycles. The van der Waals surface area contributed by atoms with E-state index in [2.05, 4.69) is 31.3 Å². The van der Waals surface area contributed by atoms with Crippen molar-refractivity contribution in [3.63, 3.8) is 0 Å². The lowest BCUT2D eigenvalue weighted by molar-refractivity contribution is -0.119. The van der Waals surface area contributed by atoms with Gasteiger partial charge in [-0.2, -0.15) is 5.21 Å². The van der Waals surface area contributed by atoms with Crippen molar-refractivity contribution in [2.75, 3.05) is 18.0 Å². The Morgan fingerprint density at radius 1 is 1.15 bits per heavy atom. The van der Waals surface area contributed by atoms with Crippen molar-refractivity contribution in [1.82, 2.24) is 31.3 Å². The van der Waals surface area contributed by atoms with E-state index in [-0.39, 0.29) is 31.4 Å². The molecule has 1 saturated heterocycles. The molecular weight excluding hydrogens is 533 g/mol. The molecule has 2 heterocycles. The minimum Gasteiger partial charge on any atom is -0.445 e. The molecule has 0 bridgehead atoms. The van der Waals surface area contributed by atoms with Crippen LogP contribution in [0.25, 0.3) is 11.1 Å². The minimum atomic E-state index is -0.773. The summed E-state index contributed by atoms with van der Waals surface area (Å²) in [6.07, 6.45) is -1.81. The number of carbonyl (C=O) groups is 3. The van der Waals surface area contributed by atoms with Crippen molar-refractivity contribution in [2.24, 2.45) is 0 Å². The summed E-state index contributed by atoms with van der Waals surface area (Å²) in [5.41, 5.74) is 2.68. The second-order valence-electron chi connectivity index (χ2n) is 9.25. The van der Waals surface area contributed by atoms with Crippen LogP contribution in [0.1, 0.15) is 29.9 Å². The zero-order chi connectivity index (χ0) is 28.8. The van der Waals surface area contributed by atoms with Crippen LogP contribution in [0.4, 0.5) is 19.7 Å². The average Bonchev–Trinajstić information content (AvgIpc) is 3.64. The molecule has 3 N–H and O–H groups in total. The van der Waals surface area contributed by atoms with E-state index in [1.165, 1.54) is 17.9 Å². The first-order chi connectivity index (χ1) is 19.9. The third-order valence-electron chi connectivity index (χ3n) is 6.37. The van der Waals surface area contributed by atoms with E-state index in [4.69, 9.17) is 9.47 Å². The van der Waals surface area contributed by atoms with E-state index in [1.807, 2.05) is 30.3 Å². The van der Waals surface area contributed by atoms with Gasteiger partial charge in [0.1, 0.15) is 24.6 Å². The summed E-state index contributed by atoms with van der Waals surface area (Å²) in [7, 11) is 0. The van der Waals surface area contributed by atoms with E-state index < -0.39 is 30.1 Å². The number of hydrogen-bond donors (Lipinski definition) is 3. The number of ether oxygens (including phenoxy) is 2. The van der Waals surface area contributed by atoms with E-state index >= 15 is 4.39 Å². The monoisotopic (exact) mass is 559 g/mol. The summed E-state index contributed by atoms with van der Waals surface area (Å²) in [4.78, 5) is 37.3. The van der Waals surface area contributed by atoms with E-state index in [9.17, 15) is 14.4 Å². The number of rotatable bonds is 9. The molecular formula is C28H26FN7O5. The van der Waals surface area contributed by atoms with Crippen LogP contribution >= 0.6 is 0 Å². The van der Waals surface area contributed by atoms with Gasteiger partial charge in [-0.25, -0.2) is 14.0 Å². The maximum Gasteiger partial charge on any atom is 0.414 e. The molecule has 2 atom stereocenters. The Kier molecular flexibility index (Phi) is 8.13. The Bertz CT molecular complexity index is 1520. The molecule has 1 aliphatic rings. The third kappa shape index (κ3) is 6.64. The maximum absolute atomic E-state index is 15.2. The molecule has 210 valence electrons. The van der Waals surface area contributed by atoms with Gasteiger partial charge in [-0.3, -0.25) is 9.69 Å². The van der Waals surface area contributed by atoms with E-state index in [0.717, 1.165) is 5.56 Å². The first-order valence-electron chi connectivity index (χ1n) is 12.7. The van der Waals surface area contributed by atoms with Crippen molar-refractivity contribution >= 4 is 23.8 Å². The summed E-state index contributed by atoms with van der Waals surface area (Å²) >= 11 is 0. The number of aromatic nitrogens is 4. The summed E-state index contributed by atoms with van der Waals surface area (Å²) < 4.78 is 25.8. The highest BCUT2D eigenvalue weighted by Crippen LogP contribution is 2.30. The van der Waals surface area contributed by atoms with Gasteiger partial charge in [-0.1, -0.05) is 59.8 Å². The van der Waals surface area contributed by atoms with Crippen molar-refractivity contribution in [3.8, 4) is 11.1 Å². The van der Waals surface area contributed by atoms with Crippen LogP contribution in [0.2, 0.25) is 0 Å². The number of nitrogens with zero attached hydrogens (tertiary/aromatic N) is 4. The normalized spacial score (nSPS) is 15.2. The summed E-state index contributed by atoms with van der Waals surface area (Å²) in [5.74, 6) is -0.548. The Hall–Kier alpha value is -5.33. The number of alkyl carbamates (subject to hydrolysis) is 1. The van der Waals surface area contributed by atoms with Gasteiger partial charge < -0.3 is 20.1 Å². The molecule has 12 nitrogen and oxygen atoms in total. The van der Waals surface area contributed by atoms with Gasteiger partial charge >= 0.3 is 12.2 Å². The first kappa shape index (κ1) is 27.2. The van der Waals surface area contributed by atoms with Gasteiger partial charge in [0.15, 0.2) is 0 Å². The lowest BCUT2D eigenvalue weighted by Gasteiger charge is -2.17. The van der Waals surface area contributed by atoms with Crippen molar-refractivity contribution in [3.05, 3.63) is 95.6 Å². The number of aromatic amines is 1. The van der Waals surface area contributed by atoms with Gasteiger partial charge in [0.25, 0.3) is 0 Å². The quantitative estimate of drug-likeness (QED) is 0.282. The molecule has 0 spiro atoms. The maximum atomic E-state index is 15.2. The van der Waals surface area contributed by atoms with Gasteiger partial charge in [-0.15, -0.1) is 10.2 Å². The highest BCUT2D eigenvalue weighted by Gasteiger charge is 2.32. The molecule has 1 aromatic heterocycles. The third-order valence-corrected chi connectivity index (χ3v) is 6.37. The number of tetrazole rings is 1. The zero-order valence-corrected chi connectivity index (χ0v) is 21.9. The minimum absolute atomic E-state index is 0.0883. The summed E-state index contributed by atoms with van der Waals surface area (Å²) in [6, 6.07) is 19.8. The van der Waals surface area contributed by atoms with Crippen LogP contribution in [-0.2, 0) is 20.9 Å².